The molecule has 1 aromatic carbocycles. The molecule has 8 heteroatoms. The smallest absolute Gasteiger partial charge is 0.270 e. The van der Waals surface area contributed by atoms with Crippen molar-refractivity contribution in [3.63, 3.8) is 0 Å². The molecule has 0 spiro atoms. The minimum absolute atomic E-state index is 0.00819. The van der Waals surface area contributed by atoms with Gasteiger partial charge in [-0.1, -0.05) is 18.2 Å². The van der Waals surface area contributed by atoms with Gasteiger partial charge in [-0.3, -0.25) is 9.59 Å². The molecule has 3 aromatic rings. The Morgan fingerprint density at radius 1 is 1.00 bits per heavy atom. The highest BCUT2D eigenvalue weighted by Gasteiger charge is 2.32. The van der Waals surface area contributed by atoms with Gasteiger partial charge in [0, 0.05) is 50.7 Å². The van der Waals surface area contributed by atoms with E-state index in [4.69, 9.17) is 0 Å². The van der Waals surface area contributed by atoms with Gasteiger partial charge >= 0.3 is 0 Å². The van der Waals surface area contributed by atoms with E-state index in [0.29, 0.717) is 43.7 Å². The number of fused-ring (bicyclic) bond motifs is 1. The third-order valence-electron chi connectivity index (χ3n) is 6.97. The SMILES string of the molecule is CN1CCN(C(=O)C2CCN(C(=O)c3cc4sccc4n3Cc3ccccc3F)CC2)CC1. The number of likely N-dealkylation sites (N-methyl/N-ethyl adjacent to an activating group) is 1. The molecule has 33 heavy (non-hydrogen) atoms. The maximum Gasteiger partial charge on any atom is 0.270 e. The number of hydrogen-bond donors (Lipinski definition) is 0. The van der Waals surface area contributed by atoms with E-state index in [1.807, 2.05) is 37.9 Å². The fourth-order valence-corrected chi connectivity index (χ4v) is 5.72. The Kier molecular flexibility index (Phi) is 6.21. The third-order valence-corrected chi connectivity index (χ3v) is 7.83. The average molecular weight is 469 g/mol. The van der Waals surface area contributed by atoms with Gasteiger partial charge in [0.1, 0.15) is 11.5 Å². The van der Waals surface area contributed by atoms with Crippen molar-refractivity contribution in [1.82, 2.24) is 19.3 Å². The molecular formula is C25H29FN4O2S. The van der Waals surface area contributed by atoms with E-state index in [1.165, 1.54) is 6.07 Å². The first-order valence-electron chi connectivity index (χ1n) is 11.6. The summed E-state index contributed by atoms with van der Waals surface area (Å²) in [5.41, 5.74) is 2.10. The van der Waals surface area contributed by atoms with Crippen molar-refractivity contribution < 1.29 is 14.0 Å². The van der Waals surface area contributed by atoms with Gasteiger partial charge in [-0.15, -0.1) is 11.3 Å². The molecule has 174 valence electrons. The zero-order chi connectivity index (χ0) is 22.9. The Labute approximate surface area is 197 Å². The third kappa shape index (κ3) is 4.42. The molecule has 0 aliphatic carbocycles. The summed E-state index contributed by atoms with van der Waals surface area (Å²) in [4.78, 5) is 32.5. The number of halogens is 1. The van der Waals surface area contributed by atoms with Crippen molar-refractivity contribution in [3.05, 3.63) is 58.9 Å². The maximum atomic E-state index is 14.3. The molecule has 4 heterocycles. The summed E-state index contributed by atoms with van der Waals surface area (Å²) in [5.74, 6) is -0.0822. The minimum atomic E-state index is -0.267. The number of carbonyl (C=O) groups is 2. The summed E-state index contributed by atoms with van der Waals surface area (Å²) < 4.78 is 17.3. The van der Waals surface area contributed by atoms with Crippen LogP contribution in [0.4, 0.5) is 4.39 Å². The lowest BCUT2D eigenvalue weighted by Gasteiger charge is -2.37. The van der Waals surface area contributed by atoms with Gasteiger partial charge in [0.25, 0.3) is 5.91 Å². The lowest BCUT2D eigenvalue weighted by Crippen LogP contribution is -2.51. The van der Waals surface area contributed by atoms with Crippen LogP contribution in [0.15, 0.2) is 41.8 Å². The van der Waals surface area contributed by atoms with E-state index in [9.17, 15) is 14.0 Å². The highest BCUT2D eigenvalue weighted by molar-refractivity contribution is 7.17. The van der Waals surface area contributed by atoms with Crippen molar-refractivity contribution in [3.8, 4) is 0 Å². The maximum absolute atomic E-state index is 14.3. The monoisotopic (exact) mass is 468 g/mol. The number of likely N-dealkylation sites (tertiary alicyclic amines) is 1. The van der Waals surface area contributed by atoms with Gasteiger partial charge in [0.05, 0.1) is 16.8 Å². The number of piperazine rings is 1. The Hall–Kier alpha value is -2.71. The highest BCUT2D eigenvalue weighted by Crippen LogP contribution is 2.29. The molecule has 0 N–H and O–H groups in total. The van der Waals surface area contributed by atoms with E-state index < -0.39 is 0 Å². The molecular weight excluding hydrogens is 439 g/mol. The molecule has 2 aliphatic heterocycles. The fraction of sp³-hybridized carbons (Fsp3) is 0.440. The molecule has 6 nitrogen and oxygen atoms in total. The van der Waals surface area contributed by atoms with Crippen LogP contribution in [0.25, 0.3) is 10.2 Å². The average Bonchev–Trinajstić information content (AvgIpc) is 3.43. The molecule has 2 saturated heterocycles. The second kappa shape index (κ2) is 9.27. The summed E-state index contributed by atoms with van der Waals surface area (Å²) >= 11 is 1.58. The number of hydrogen-bond acceptors (Lipinski definition) is 4. The van der Waals surface area contributed by atoms with Gasteiger partial charge in [-0.2, -0.15) is 0 Å². The summed E-state index contributed by atoms with van der Waals surface area (Å²) in [6.45, 7) is 4.86. The first-order chi connectivity index (χ1) is 16.0. The van der Waals surface area contributed by atoms with Crippen molar-refractivity contribution in [2.45, 2.75) is 19.4 Å². The Balaban J connectivity index is 1.29. The summed E-state index contributed by atoms with van der Waals surface area (Å²) in [7, 11) is 2.08. The van der Waals surface area contributed by atoms with Gasteiger partial charge in [-0.25, -0.2) is 4.39 Å². The van der Waals surface area contributed by atoms with Crippen LogP contribution in [0, 0.1) is 11.7 Å². The Bertz CT molecular complexity index is 1160. The summed E-state index contributed by atoms with van der Waals surface area (Å²) in [5, 5.41) is 1.99. The van der Waals surface area contributed by atoms with E-state index in [-0.39, 0.29) is 23.5 Å². The normalized spacial score (nSPS) is 18.2. The molecule has 2 fully saturated rings. The molecule has 5 rings (SSSR count). The molecule has 2 aromatic heterocycles. The van der Waals surface area contributed by atoms with Crippen LogP contribution < -0.4 is 0 Å². The topological polar surface area (TPSA) is 48.8 Å². The number of rotatable bonds is 4. The van der Waals surface area contributed by atoms with Crippen molar-refractivity contribution in [2.75, 3.05) is 46.3 Å². The van der Waals surface area contributed by atoms with Crippen LogP contribution in [-0.4, -0.2) is 77.4 Å². The highest BCUT2D eigenvalue weighted by atomic mass is 32.1. The minimum Gasteiger partial charge on any atom is -0.340 e. The van der Waals surface area contributed by atoms with Crippen LogP contribution >= 0.6 is 11.3 Å². The van der Waals surface area contributed by atoms with Crippen LogP contribution in [0.5, 0.6) is 0 Å². The lowest BCUT2D eigenvalue weighted by atomic mass is 9.94. The molecule has 0 atom stereocenters. The molecule has 0 saturated carbocycles. The van der Waals surface area contributed by atoms with Crippen LogP contribution in [-0.2, 0) is 11.3 Å². The van der Waals surface area contributed by atoms with E-state index in [2.05, 4.69) is 11.9 Å². The van der Waals surface area contributed by atoms with Crippen molar-refractivity contribution in [2.24, 2.45) is 5.92 Å². The van der Waals surface area contributed by atoms with Gasteiger partial charge in [-0.05, 0) is 43.5 Å². The van der Waals surface area contributed by atoms with Gasteiger partial charge < -0.3 is 19.3 Å². The molecule has 2 aliphatic rings. The summed E-state index contributed by atoms with van der Waals surface area (Å²) in [6, 6.07) is 10.6. The molecule has 0 bridgehead atoms. The predicted octanol–water partition coefficient (Wildman–Crippen LogP) is 3.52. The second-order valence-electron chi connectivity index (χ2n) is 9.07. The van der Waals surface area contributed by atoms with E-state index in [0.717, 1.165) is 36.4 Å². The predicted molar refractivity (Wildman–Crippen MR) is 128 cm³/mol. The number of piperidine rings is 1. The zero-order valence-electron chi connectivity index (χ0n) is 18.9. The first kappa shape index (κ1) is 22.1. The fourth-order valence-electron chi connectivity index (χ4n) is 4.90. The van der Waals surface area contributed by atoms with Crippen LogP contribution in [0.3, 0.4) is 0 Å². The van der Waals surface area contributed by atoms with Crippen LogP contribution in [0.2, 0.25) is 0 Å². The number of nitrogens with zero attached hydrogens (tertiary/aromatic N) is 4. The number of thiophene rings is 1. The van der Waals surface area contributed by atoms with Gasteiger partial charge in [0.2, 0.25) is 5.91 Å². The van der Waals surface area contributed by atoms with E-state index >= 15 is 0 Å². The van der Waals surface area contributed by atoms with Gasteiger partial charge in [0.15, 0.2) is 0 Å². The van der Waals surface area contributed by atoms with Crippen molar-refractivity contribution >= 4 is 33.4 Å². The Morgan fingerprint density at radius 3 is 2.45 bits per heavy atom. The van der Waals surface area contributed by atoms with E-state index in [1.54, 1.807) is 23.5 Å². The molecule has 0 unspecified atom stereocenters. The molecule has 0 radical (unpaired) electrons. The summed E-state index contributed by atoms with van der Waals surface area (Å²) in [6.07, 6.45) is 1.39. The standard InChI is InChI=1S/C25H29FN4O2S/c1-27-11-13-29(14-12-27)24(31)18-6-9-28(10-7-18)25(32)22-16-23-21(8-15-33-23)30(22)17-19-4-2-3-5-20(19)26/h2-5,8,15-16,18H,6-7,9-14,17H2,1H3. The van der Waals surface area contributed by atoms with Crippen LogP contribution in [0.1, 0.15) is 28.9 Å². The van der Waals surface area contributed by atoms with Crippen molar-refractivity contribution in [1.29, 1.82) is 0 Å². The first-order valence-corrected chi connectivity index (χ1v) is 12.5. The quantitative estimate of drug-likeness (QED) is 0.589. The Morgan fingerprint density at radius 2 is 1.73 bits per heavy atom. The second-order valence-corrected chi connectivity index (χ2v) is 10.0. The number of aromatic nitrogens is 1. The lowest BCUT2D eigenvalue weighted by molar-refractivity contribution is -0.138. The number of amides is 2. The number of carbonyl (C=O) groups excluding carboxylic acids is 2. The number of benzene rings is 1. The molecule has 2 amide bonds. The zero-order valence-corrected chi connectivity index (χ0v) is 19.7. The largest absolute Gasteiger partial charge is 0.340 e.